The monoisotopic (exact) mass is 261 g/mol. The van der Waals surface area contributed by atoms with Gasteiger partial charge in [0.05, 0.1) is 5.97 Å². The van der Waals surface area contributed by atoms with Crippen LogP contribution in [0.5, 0.6) is 0 Å². The van der Waals surface area contributed by atoms with E-state index < -0.39 is 5.97 Å². The van der Waals surface area contributed by atoms with E-state index in [2.05, 4.69) is 12.6 Å². The molecule has 0 spiro atoms. The molecule has 0 bridgehead atoms. The normalized spacial score (nSPS) is 10.8. The summed E-state index contributed by atoms with van der Waals surface area (Å²) in [6.45, 7) is 3.60. The first-order chi connectivity index (χ1) is 9.66. The Kier molecular flexibility index (Phi) is 2.99. The maximum absolute atomic E-state index is 11.0. The van der Waals surface area contributed by atoms with Gasteiger partial charge in [0, 0.05) is 0 Å². The molecule has 20 heavy (non-hydrogen) atoms. The first-order valence-corrected chi connectivity index (χ1v) is 6.45. The Bertz CT molecular complexity index is 777. The van der Waals surface area contributed by atoms with E-state index in [0.717, 1.165) is 27.1 Å². The maximum atomic E-state index is 11.0. The van der Waals surface area contributed by atoms with Crippen LogP contribution in [0.15, 0.2) is 66.7 Å². The van der Waals surface area contributed by atoms with Crippen molar-refractivity contribution in [2.45, 2.75) is 6.42 Å². The van der Waals surface area contributed by atoms with E-state index in [-0.39, 0.29) is 5.57 Å². The Labute approximate surface area is 117 Å². The van der Waals surface area contributed by atoms with Crippen molar-refractivity contribution in [2.75, 3.05) is 0 Å². The van der Waals surface area contributed by atoms with E-state index >= 15 is 0 Å². The fourth-order valence-electron chi connectivity index (χ4n) is 2.58. The minimum absolute atomic E-state index is 0.103. The lowest BCUT2D eigenvalue weighted by Crippen LogP contribution is -2.24. The van der Waals surface area contributed by atoms with Crippen LogP contribution in [0.2, 0.25) is 0 Å². The van der Waals surface area contributed by atoms with E-state index in [1.807, 2.05) is 48.5 Å². The molecule has 3 aromatic carbocycles. The molecule has 3 aromatic rings. The fraction of sp³-hybridized carbons (Fsp3) is 0.0556. The molecule has 0 amide bonds. The molecule has 0 fully saturated rings. The highest BCUT2D eigenvalue weighted by Crippen LogP contribution is 2.29. The van der Waals surface area contributed by atoms with Gasteiger partial charge in [-0.1, -0.05) is 55.1 Å². The maximum Gasteiger partial charge on any atom is 0.0672 e. The van der Waals surface area contributed by atoms with E-state index in [0.29, 0.717) is 6.42 Å². The van der Waals surface area contributed by atoms with Gasteiger partial charge in [0.15, 0.2) is 0 Å². The number of carbonyl (C=O) groups excluding carboxylic acids is 1. The Balaban J connectivity index is 2.33. The smallest absolute Gasteiger partial charge is 0.0672 e. The SMILES string of the molecule is C=C(Cc1c2ccccc2cc2ccccc12)C(=O)[O-]. The van der Waals surface area contributed by atoms with Gasteiger partial charge in [0.1, 0.15) is 0 Å². The van der Waals surface area contributed by atoms with Crippen LogP contribution in [0.25, 0.3) is 21.5 Å². The standard InChI is InChI=1S/C18H14O2/c1-12(18(19)20)10-17-15-8-4-2-6-13(15)11-14-7-3-5-9-16(14)17/h2-9,11H,1,10H2,(H,19,20)/p-1. The highest BCUT2D eigenvalue weighted by Gasteiger charge is 2.08. The lowest BCUT2D eigenvalue weighted by Gasteiger charge is -2.13. The summed E-state index contributed by atoms with van der Waals surface area (Å²) in [5.41, 5.74) is 1.10. The number of aliphatic carboxylic acids is 1. The van der Waals surface area contributed by atoms with Crippen LogP contribution in [0.4, 0.5) is 0 Å². The number of fused-ring (bicyclic) bond motifs is 2. The van der Waals surface area contributed by atoms with Gasteiger partial charge in [0.2, 0.25) is 0 Å². The molecule has 0 atom stereocenters. The molecule has 2 heteroatoms. The van der Waals surface area contributed by atoms with Crippen LogP contribution in [0, 0.1) is 0 Å². The molecule has 98 valence electrons. The lowest BCUT2D eigenvalue weighted by atomic mass is 9.93. The van der Waals surface area contributed by atoms with E-state index in [1.54, 1.807) is 0 Å². The predicted octanol–water partition coefficient (Wildman–Crippen LogP) is 2.84. The summed E-state index contributed by atoms with van der Waals surface area (Å²) in [5.74, 6) is -1.19. The van der Waals surface area contributed by atoms with E-state index in [1.165, 1.54) is 0 Å². The predicted molar refractivity (Wildman–Crippen MR) is 79.3 cm³/mol. The van der Waals surface area contributed by atoms with Crippen molar-refractivity contribution in [1.29, 1.82) is 0 Å². The van der Waals surface area contributed by atoms with Crippen LogP contribution < -0.4 is 5.11 Å². The number of rotatable bonds is 3. The molecular formula is C18H13O2-. The Morgan fingerprint density at radius 3 is 1.95 bits per heavy atom. The Hall–Kier alpha value is -2.61. The number of benzene rings is 3. The van der Waals surface area contributed by atoms with Gasteiger partial charge < -0.3 is 9.90 Å². The summed E-state index contributed by atoms with van der Waals surface area (Å²) >= 11 is 0. The molecule has 0 radical (unpaired) electrons. The molecule has 0 N–H and O–H groups in total. The summed E-state index contributed by atoms with van der Waals surface area (Å²) in [7, 11) is 0. The molecule has 3 rings (SSSR count). The summed E-state index contributed by atoms with van der Waals surface area (Å²) in [6, 6.07) is 18.1. The summed E-state index contributed by atoms with van der Waals surface area (Å²) in [4.78, 5) is 11.0. The summed E-state index contributed by atoms with van der Waals surface area (Å²) < 4.78 is 0. The van der Waals surface area contributed by atoms with Crippen molar-refractivity contribution in [3.63, 3.8) is 0 Å². The second-order valence-corrected chi connectivity index (χ2v) is 4.87. The summed E-state index contributed by atoms with van der Waals surface area (Å²) in [6.07, 6.45) is 0.296. The highest BCUT2D eigenvalue weighted by atomic mass is 16.4. The Morgan fingerprint density at radius 2 is 1.45 bits per heavy atom. The zero-order valence-corrected chi connectivity index (χ0v) is 10.9. The third-order valence-corrected chi connectivity index (χ3v) is 3.56. The average molecular weight is 261 g/mol. The van der Waals surface area contributed by atoms with Crippen molar-refractivity contribution in [3.8, 4) is 0 Å². The van der Waals surface area contributed by atoms with Crippen molar-refractivity contribution in [3.05, 3.63) is 72.3 Å². The molecule has 0 saturated carbocycles. The largest absolute Gasteiger partial charge is 0.545 e. The van der Waals surface area contributed by atoms with E-state index in [4.69, 9.17) is 0 Å². The van der Waals surface area contributed by atoms with Crippen molar-refractivity contribution in [2.24, 2.45) is 0 Å². The third kappa shape index (κ3) is 2.05. The minimum Gasteiger partial charge on any atom is -0.545 e. The van der Waals surface area contributed by atoms with Crippen LogP contribution >= 0.6 is 0 Å². The first-order valence-electron chi connectivity index (χ1n) is 6.45. The summed E-state index contributed by atoms with van der Waals surface area (Å²) in [5, 5.41) is 15.3. The van der Waals surface area contributed by atoms with Gasteiger partial charge >= 0.3 is 0 Å². The van der Waals surface area contributed by atoms with Crippen LogP contribution in [-0.2, 0) is 11.2 Å². The molecule has 0 saturated heterocycles. The molecule has 0 unspecified atom stereocenters. The van der Waals surface area contributed by atoms with Gasteiger partial charge in [-0.05, 0) is 45.2 Å². The Morgan fingerprint density at radius 1 is 0.950 bits per heavy atom. The van der Waals surface area contributed by atoms with Gasteiger partial charge in [-0.15, -0.1) is 0 Å². The topological polar surface area (TPSA) is 40.1 Å². The number of hydrogen-bond acceptors (Lipinski definition) is 2. The minimum atomic E-state index is -1.19. The molecular weight excluding hydrogens is 248 g/mol. The van der Waals surface area contributed by atoms with Crippen LogP contribution in [-0.4, -0.2) is 5.97 Å². The van der Waals surface area contributed by atoms with E-state index in [9.17, 15) is 9.90 Å². The zero-order chi connectivity index (χ0) is 14.1. The average Bonchev–Trinajstić information content (AvgIpc) is 2.46. The molecule has 0 aliphatic rings. The lowest BCUT2D eigenvalue weighted by molar-refractivity contribution is -0.299. The third-order valence-electron chi connectivity index (χ3n) is 3.56. The highest BCUT2D eigenvalue weighted by molar-refractivity contribution is 6.03. The quantitative estimate of drug-likeness (QED) is 0.537. The van der Waals surface area contributed by atoms with Crippen LogP contribution in [0.1, 0.15) is 5.56 Å². The molecule has 0 aromatic heterocycles. The zero-order valence-electron chi connectivity index (χ0n) is 10.9. The molecule has 0 aliphatic carbocycles. The van der Waals surface area contributed by atoms with Gasteiger partial charge in [-0.25, -0.2) is 0 Å². The fourth-order valence-corrected chi connectivity index (χ4v) is 2.58. The van der Waals surface area contributed by atoms with Crippen molar-refractivity contribution >= 4 is 27.5 Å². The van der Waals surface area contributed by atoms with Crippen molar-refractivity contribution < 1.29 is 9.90 Å². The van der Waals surface area contributed by atoms with Gasteiger partial charge in [0.25, 0.3) is 0 Å². The second-order valence-electron chi connectivity index (χ2n) is 4.87. The molecule has 0 aliphatic heterocycles. The number of carboxylic acid groups (broad SMARTS) is 1. The first kappa shape index (κ1) is 12.4. The second kappa shape index (κ2) is 4.82. The van der Waals surface area contributed by atoms with Gasteiger partial charge in [-0.3, -0.25) is 0 Å². The van der Waals surface area contributed by atoms with Crippen LogP contribution in [0.3, 0.4) is 0 Å². The van der Waals surface area contributed by atoms with Crippen molar-refractivity contribution in [1.82, 2.24) is 0 Å². The number of carboxylic acids is 1. The molecule has 2 nitrogen and oxygen atoms in total. The number of carbonyl (C=O) groups is 1. The number of hydrogen-bond donors (Lipinski definition) is 0. The molecule has 0 heterocycles. The van der Waals surface area contributed by atoms with Gasteiger partial charge in [-0.2, -0.15) is 0 Å².